The summed E-state index contributed by atoms with van der Waals surface area (Å²) in [7, 11) is 0. The van der Waals surface area contributed by atoms with E-state index in [-0.39, 0.29) is 5.91 Å². The van der Waals surface area contributed by atoms with Gasteiger partial charge in [-0.25, -0.2) is 4.98 Å². The molecule has 0 saturated heterocycles. The van der Waals surface area contributed by atoms with E-state index in [1.807, 2.05) is 0 Å². The SMILES string of the molecule is Cc1cc(C(N)=O)ccc1NC(=O)c1cccnc1Br. The fraction of sp³-hybridized carbons (Fsp3) is 0.0714. The van der Waals surface area contributed by atoms with Crippen molar-refractivity contribution in [2.24, 2.45) is 5.73 Å². The predicted molar refractivity (Wildman–Crippen MR) is 79.6 cm³/mol. The quantitative estimate of drug-likeness (QED) is 0.846. The molecule has 0 aliphatic heterocycles. The molecule has 0 bridgehead atoms. The number of carbonyl (C=O) groups is 2. The summed E-state index contributed by atoms with van der Waals surface area (Å²) in [4.78, 5) is 27.2. The summed E-state index contributed by atoms with van der Waals surface area (Å²) in [6.45, 7) is 1.79. The molecule has 0 fully saturated rings. The van der Waals surface area contributed by atoms with Crippen molar-refractivity contribution in [2.45, 2.75) is 6.92 Å². The number of halogens is 1. The highest BCUT2D eigenvalue weighted by atomic mass is 79.9. The maximum absolute atomic E-state index is 12.1. The summed E-state index contributed by atoms with van der Waals surface area (Å²) in [5.41, 5.74) is 7.43. The van der Waals surface area contributed by atoms with E-state index >= 15 is 0 Å². The number of nitrogens with two attached hydrogens (primary N) is 1. The Morgan fingerprint density at radius 1 is 1.30 bits per heavy atom. The molecule has 2 rings (SSSR count). The number of hydrogen-bond acceptors (Lipinski definition) is 3. The number of amides is 2. The average molecular weight is 334 g/mol. The molecule has 5 nitrogen and oxygen atoms in total. The molecule has 2 amide bonds. The maximum Gasteiger partial charge on any atom is 0.258 e. The van der Waals surface area contributed by atoms with Crippen molar-refractivity contribution in [1.82, 2.24) is 4.98 Å². The van der Waals surface area contributed by atoms with Crippen molar-refractivity contribution in [3.05, 3.63) is 57.8 Å². The van der Waals surface area contributed by atoms with Gasteiger partial charge in [0.25, 0.3) is 5.91 Å². The monoisotopic (exact) mass is 333 g/mol. The van der Waals surface area contributed by atoms with E-state index < -0.39 is 5.91 Å². The van der Waals surface area contributed by atoms with Crippen LogP contribution in [0, 0.1) is 6.92 Å². The molecule has 0 atom stereocenters. The fourth-order valence-electron chi connectivity index (χ4n) is 1.70. The highest BCUT2D eigenvalue weighted by molar-refractivity contribution is 9.10. The molecule has 0 aliphatic rings. The summed E-state index contributed by atoms with van der Waals surface area (Å²) >= 11 is 3.23. The molecule has 6 heteroatoms. The Labute approximate surface area is 124 Å². The van der Waals surface area contributed by atoms with Gasteiger partial charge in [0.15, 0.2) is 0 Å². The molecule has 1 aromatic carbocycles. The first-order chi connectivity index (χ1) is 9.49. The zero-order valence-corrected chi connectivity index (χ0v) is 12.3. The van der Waals surface area contributed by atoms with Crippen LogP contribution in [0.5, 0.6) is 0 Å². The van der Waals surface area contributed by atoms with Crippen LogP contribution < -0.4 is 11.1 Å². The third kappa shape index (κ3) is 3.03. The largest absolute Gasteiger partial charge is 0.366 e. The van der Waals surface area contributed by atoms with Crippen LogP contribution in [0.3, 0.4) is 0 Å². The third-order valence-corrected chi connectivity index (χ3v) is 3.39. The zero-order valence-electron chi connectivity index (χ0n) is 10.7. The van der Waals surface area contributed by atoms with Gasteiger partial charge >= 0.3 is 0 Å². The summed E-state index contributed by atoms with van der Waals surface area (Å²) < 4.78 is 0.476. The second-order valence-corrected chi connectivity index (χ2v) is 4.94. The van der Waals surface area contributed by atoms with E-state index in [0.29, 0.717) is 21.4 Å². The van der Waals surface area contributed by atoms with Gasteiger partial charge in [-0.05, 0) is 58.7 Å². The lowest BCUT2D eigenvalue weighted by Gasteiger charge is -2.10. The van der Waals surface area contributed by atoms with E-state index in [0.717, 1.165) is 5.56 Å². The molecule has 0 radical (unpaired) electrons. The molecule has 1 aromatic heterocycles. The van der Waals surface area contributed by atoms with Crippen molar-refractivity contribution in [3.63, 3.8) is 0 Å². The van der Waals surface area contributed by atoms with Crippen LogP contribution in [0.2, 0.25) is 0 Å². The summed E-state index contributed by atoms with van der Waals surface area (Å²) in [6, 6.07) is 8.21. The number of rotatable bonds is 3. The standard InChI is InChI=1S/C14H12BrN3O2/c1-8-7-9(13(16)19)4-5-11(8)18-14(20)10-3-2-6-17-12(10)15/h2-7H,1H3,(H2,16,19)(H,18,20). The Hall–Kier alpha value is -2.21. The van der Waals surface area contributed by atoms with Crippen LogP contribution in [0.1, 0.15) is 26.3 Å². The van der Waals surface area contributed by atoms with Gasteiger partial charge in [-0.2, -0.15) is 0 Å². The van der Waals surface area contributed by atoms with Crippen molar-refractivity contribution in [1.29, 1.82) is 0 Å². The van der Waals surface area contributed by atoms with Crippen LogP contribution in [0.25, 0.3) is 0 Å². The highest BCUT2D eigenvalue weighted by Crippen LogP contribution is 2.19. The van der Waals surface area contributed by atoms with Crippen molar-refractivity contribution in [3.8, 4) is 0 Å². The fourth-order valence-corrected chi connectivity index (χ4v) is 2.13. The lowest BCUT2D eigenvalue weighted by molar-refractivity contribution is 0.0998. The minimum Gasteiger partial charge on any atom is -0.366 e. The number of aromatic nitrogens is 1. The topological polar surface area (TPSA) is 85.1 Å². The van der Waals surface area contributed by atoms with Gasteiger partial charge in [0.1, 0.15) is 4.60 Å². The van der Waals surface area contributed by atoms with Crippen molar-refractivity contribution in [2.75, 3.05) is 5.32 Å². The van der Waals surface area contributed by atoms with Crippen molar-refractivity contribution < 1.29 is 9.59 Å². The average Bonchev–Trinajstić information content (AvgIpc) is 2.41. The number of primary amides is 1. The van der Waals surface area contributed by atoms with Gasteiger partial charge in [0, 0.05) is 17.4 Å². The lowest BCUT2D eigenvalue weighted by atomic mass is 10.1. The molecule has 0 aliphatic carbocycles. The van der Waals surface area contributed by atoms with Crippen LogP contribution in [-0.2, 0) is 0 Å². The Balaban J connectivity index is 2.25. The molecule has 0 unspecified atom stereocenters. The number of hydrogen-bond donors (Lipinski definition) is 2. The minimum atomic E-state index is -0.499. The second kappa shape index (κ2) is 5.83. The normalized spacial score (nSPS) is 10.1. The van der Waals surface area contributed by atoms with E-state index in [9.17, 15) is 9.59 Å². The van der Waals surface area contributed by atoms with E-state index in [1.54, 1.807) is 43.5 Å². The molecule has 102 valence electrons. The smallest absolute Gasteiger partial charge is 0.258 e. The number of carbonyl (C=O) groups excluding carboxylic acids is 2. The summed E-state index contributed by atoms with van der Waals surface area (Å²) in [6.07, 6.45) is 1.59. The number of anilines is 1. The Bertz CT molecular complexity index is 686. The number of nitrogens with zero attached hydrogens (tertiary/aromatic N) is 1. The molecule has 20 heavy (non-hydrogen) atoms. The molecule has 0 spiro atoms. The van der Waals surface area contributed by atoms with Crippen LogP contribution >= 0.6 is 15.9 Å². The molecular formula is C14H12BrN3O2. The van der Waals surface area contributed by atoms with Gasteiger partial charge in [0.05, 0.1) is 5.56 Å². The van der Waals surface area contributed by atoms with Gasteiger partial charge in [-0.1, -0.05) is 0 Å². The van der Waals surface area contributed by atoms with Crippen LogP contribution in [0.4, 0.5) is 5.69 Å². The first kappa shape index (κ1) is 14.2. The van der Waals surface area contributed by atoms with Crippen LogP contribution in [-0.4, -0.2) is 16.8 Å². The van der Waals surface area contributed by atoms with E-state index in [2.05, 4.69) is 26.2 Å². The molecule has 1 heterocycles. The molecular weight excluding hydrogens is 322 g/mol. The van der Waals surface area contributed by atoms with Gasteiger partial charge in [-0.15, -0.1) is 0 Å². The molecule has 0 saturated carbocycles. The number of aryl methyl sites for hydroxylation is 1. The van der Waals surface area contributed by atoms with Crippen molar-refractivity contribution >= 4 is 33.4 Å². The third-order valence-electron chi connectivity index (χ3n) is 2.76. The molecule has 2 aromatic rings. The first-order valence-corrected chi connectivity index (χ1v) is 6.60. The molecule has 3 N–H and O–H groups in total. The minimum absolute atomic E-state index is 0.278. The maximum atomic E-state index is 12.1. The Kier molecular flexibility index (Phi) is 4.14. The summed E-state index contributed by atoms with van der Waals surface area (Å²) in [5.74, 6) is -0.777. The van der Waals surface area contributed by atoms with Gasteiger partial charge in [-0.3, -0.25) is 9.59 Å². The zero-order chi connectivity index (χ0) is 14.7. The second-order valence-electron chi connectivity index (χ2n) is 4.19. The number of pyridine rings is 1. The Morgan fingerprint density at radius 2 is 2.05 bits per heavy atom. The Morgan fingerprint density at radius 3 is 2.65 bits per heavy atom. The first-order valence-electron chi connectivity index (χ1n) is 5.81. The lowest BCUT2D eigenvalue weighted by Crippen LogP contribution is -2.15. The van der Waals surface area contributed by atoms with Gasteiger partial charge in [0.2, 0.25) is 5.91 Å². The predicted octanol–water partition coefficient (Wildman–Crippen LogP) is 2.50. The van der Waals surface area contributed by atoms with Crippen LogP contribution in [0.15, 0.2) is 41.1 Å². The number of nitrogens with one attached hydrogen (secondary N) is 1. The highest BCUT2D eigenvalue weighted by Gasteiger charge is 2.12. The van der Waals surface area contributed by atoms with E-state index in [4.69, 9.17) is 5.73 Å². The summed E-state index contributed by atoms with van der Waals surface area (Å²) in [5, 5.41) is 2.77. The van der Waals surface area contributed by atoms with Gasteiger partial charge < -0.3 is 11.1 Å². The number of benzene rings is 1. The van der Waals surface area contributed by atoms with E-state index in [1.165, 1.54) is 0 Å².